The Morgan fingerprint density at radius 2 is 2.00 bits per heavy atom. The molecule has 2 atom stereocenters. The Morgan fingerprint density at radius 3 is 2.71 bits per heavy atom. The fourth-order valence-electron chi connectivity index (χ4n) is 4.00. The van der Waals surface area contributed by atoms with Gasteiger partial charge in [0.25, 0.3) is 0 Å². The van der Waals surface area contributed by atoms with E-state index in [2.05, 4.69) is 18.7 Å². The molecule has 2 unspecified atom stereocenters. The molecule has 0 aromatic rings. The second-order valence-corrected chi connectivity index (χ2v) is 6.83. The van der Waals surface area contributed by atoms with E-state index in [0.717, 1.165) is 18.5 Å². The molecule has 2 rings (SSSR count). The van der Waals surface area contributed by atoms with Crippen molar-refractivity contribution in [2.24, 2.45) is 17.1 Å². The van der Waals surface area contributed by atoms with Gasteiger partial charge in [-0.05, 0) is 56.5 Å². The molecule has 2 N–H and O–H groups in total. The third kappa shape index (κ3) is 3.23. The van der Waals surface area contributed by atoms with E-state index in [4.69, 9.17) is 5.73 Å². The van der Waals surface area contributed by atoms with Crippen LogP contribution < -0.4 is 5.73 Å². The van der Waals surface area contributed by atoms with Crippen molar-refractivity contribution >= 4 is 0 Å². The summed E-state index contributed by atoms with van der Waals surface area (Å²) in [4.78, 5) is 2.79. The van der Waals surface area contributed by atoms with Crippen molar-refractivity contribution in [3.8, 4) is 0 Å². The third-order valence-corrected chi connectivity index (χ3v) is 5.02. The van der Waals surface area contributed by atoms with Crippen LogP contribution in [0.4, 0.5) is 0 Å². The minimum atomic E-state index is 0.531. The predicted molar refractivity (Wildman–Crippen MR) is 74.0 cm³/mol. The lowest BCUT2D eigenvalue weighted by molar-refractivity contribution is 0.0190. The molecule has 0 amide bonds. The van der Waals surface area contributed by atoms with Gasteiger partial charge in [-0.2, -0.15) is 0 Å². The summed E-state index contributed by atoms with van der Waals surface area (Å²) in [6, 6.07) is 0.830. The molecule has 0 radical (unpaired) electrons. The largest absolute Gasteiger partial charge is 0.330 e. The number of nitrogens with zero attached hydrogens (tertiary/aromatic N) is 1. The maximum atomic E-state index is 5.72. The van der Waals surface area contributed by atoms with Crippen molar-refractivity contribution in [3.05, 3.63) is 0 Å². The lowest BCUT2D eigenvalue weighted by Crippen LogP contribution is -2.51. The molecule has 1 saturated carbocycles. The van der Waals surface area contributed by atoms with E-state index >= 15 is 0 Å². The fraction of sp³-hybridized carbons (Fsp3) is 1.00. The predicted octanol–water partition coefficient (Wildman–Crippen LogP) is 3.02. The second-order valence-electron chi connectivity index (χ2n) is 6.83. The highest BCUT2D eigenvalue weighted by molar-refractivity contribution is 4.91. The third-order valence-electron chi connectivity index (χ3n) is 5.02. The summed E-state index contributed by atoms with van der Waals surface area (Å²) in [6.45, 7) is 8.46. The minimum Gasteiger partial charge on any atom is -0.330 e. The van der Waals surface area contributed by atoms with Crippen LogP contribution in [0.15, 0.2) is 0 Å². The SMILES string of the molecule is CC1(C)CCCCC1N1CCCC(CCN)C1. The van der Waals surface area contributed by atoms with Crippen molar-refractivity contribution in [2.45, 2.75) is 64.8 Å². The minimum absolute atomic E-state index is 0.531. The topological polar surface area (TPSA) is 29.3 Å². The van der Waals surface area contributed by atoms with Gasteiger partial charge in [0.15, 0.2) is 0 Å². The summed E-state index contributed by atoms with van der Waals surface area (Å²) >= 11 is 0. The highest BCUT2D eigenvalue weighted by Gasteiger charge is 2.37. The van der Waals surface area contributed by atoms with Gasteiger partial charge in [0.1, 0.15) is 0 Å². The molecule has 2 nitrogen and oxygen atoms in total. The number of nitrogens with two attached hydrogens (primary N) is 1. The summed E-state index contributed by atoms with van der Waals surface area (Å²) in [5.74, 6) is 0.867. The fourth-order valence-corrected chi connectivity index (χ4v) is 4.00. The lowest BCUT2D eigenvalue weighted by atomic mass is 9.72. The summed E-state index contributed by atoms with van der Waals surface area (Å²) in [5.41, 5.74) is 6.25. The smallest absolute Gasteiger partial charge is 0.0146 e. The first-order valence-electron chi connectivity index (χ1n) is 7.57. The van der Waals surface area contributed by atoms with Gasteiger partial charge in [-0.1, -0.05) is 26.7 Å². The Hall–Kier alpha value is -0.0800. The van der Waals surface area contributed by atoms with Crippen LogP contribution in [-0.2, 0) is 0 Å². The van der Waals surface area contributed by atoms with Gasteiger partial charge in [0, 0.05) is 12.6 Å². The lowest BCUT2D eigenvalue weighted by Gasteiger charge is -2.48. The normalized spacial score (nSPS) is 34.8. The van der Waals surface area contributed by atoms with Crippen molar-refractivity contribution in [3.63, 3.8) is 0 Å². The van der Waals surface area contributed by atoms with Crippen molar-refractivity contribution < 1.29 is 0 Å². The Bertz CT molecular complexity index is 235. The molecule has 100 valence electrons. The Morgan fingerprint density at radius 1 is 1.18 bits per heavy atom. The number of rotatable bonds is 3. The summed E-state index contributed by atoms with van der Waals surface area (Å²) < 4.78 is 0. The molecular formula is C15H30N2. The average Bonchev–Trinajstić information content (AvgIpc) is 2.29. The standard InChI is InChI=1S/C15H30N2/c1-15(2)9-4-3-7-14(15)17-11-5-6-13(12-17)8-10-16/h13-14H,3-12,16H2,1-2H3. The number of piperidine rings is 1. The van der Waals surface area contributed by atoms with E-state index < -0.39 is 0 Å². The van der Waals surface area contributed by atoms with Crippen molar-refractivity contribution in [1.29, 1.82) is 0 Å². The molecule has 17 heavy (non-hydrogen) atoms. The van der Waals surface area contributed by atoms with E-state index in [-0.39, 0.29) is 0 Å². The quantitative estimate of drug-likeness (QED) is 0.819. The molecule has 1 heterocycles. The number of hydrogen-bond acceptors (Lipinski definition) is 2. The molecule has 1 aliphatic carbocycles. The van der Waals surface area contributed by atoms with Gasteiger partial charge in [-0.15, -0.1) is 0 Å². The Balaban J connectivity index is 1.95. The summed E-state index contributed by atoms with van der Waals surface area (Å²) in [6.07, 6.45) is 9.72. The molecule has 2 fully saturated rings. The Labute approximate surface area is 107 Å². The highest BCUT2D eigenvalue weighted by atomic mass is 15.2. The second kappa shape index (κ2) is 5.71. The summed E-state index contributed by atoms with van der Waals surface area (Å²) in [7, 11) is 0. The van der Waals surface area contributed by atoms with Gasteiger partial charge in [0.2, 0.25) is 0 Å². The van der Waals surface area contributed by atoms with Crippen LogP contribution in [-0.4, -0.2) is 30.6 Å². The van der Waals surface area contributed by atoms with Gasteiger partial charge >= 0.3 is 0 Å². The number of hydrogen-bond donors (Lipinski definition) is 1. The van der Waals surface area contributed by atoms with E-state index in [1.807, 2.05) is 0 Å². The highest BCUT2D eigenvalue weighted by Crippen LogP contribution is 2.40. The van der Waals surface area contributed by atoms with E-state index in [0.29, 0.717) is 5.41 Å². The van der Waals surface area contributed by atoms with Gasteiger partial charge in [-0.3, -0.25) is 4.90 Å². The van der Waals surface area contributed by atoms with Crippen LogP contribution in [0, 0.1) is 11.3 Å². The first kappa shape index (κ1) is 13.4. The zero-order valence-electron chi connectivity index (χ0n) is 11.8. The molecule has 1 saturated heterocycles. The maximum Gasteiger partial charge on any atom is 0.0146 e. The average molecular weight is 238 g/mol. The zero-order chi connectivity index (χ0) is 12.3. The van der Waals surface area contributed by atoms with Crippen LogP contribution in [0.3, 0.4) is 0 Å². The van der Waals surface area contributed by atoms with Crippen LogP contribution in [0.1, 0.15) is 58.8 Å². The van der Waals surface area contributed by atoms with Gasteiger partial charge in [-0.25, -0.2) is 0 Å². The molecule has 0 aromatic heterocycles. The van der Waals surface area contributed by atoms with Crippen LogP contribution in [0.5, 0.6) is 0 Å². The first-order chi connectivity index (χ1) is 8.13. The van der Waals surface area contributed by atoms with Gasteiger partial charge in [0.05, 0.1) is 0 Å². The molecule has 2 aliphatic rings. The molecule has 2 heteroatoms. The van der Waals surface area contributed by atoms with E-state index in [1.54, 1.807) is 0 Å². The zero-order valence-corrected chi connectivity index (χ0v) is 11.8. The first-order valence-corrected chi connectivity index (χ1v) is 7.57. The van der Waals surface area contributed by atoms with Gasteiger partial charge < -0.3 is 5.73 Å². The van der Waals surface area contributed by atoms with E-state index in [1.165, 1.54) is 58.0 Å². The molecule has 0 aromatic carbocycles. The number of likely N-dealkylation sites (tertiary alicyclic amines) is 1. The van der Waals surface area contributed by atoms with Crippen molar-refractivity contribution in [1.82, 2.24) is 4.90 Å². The van der Waals surface area contributed by atoms with Crippen LogP contribution >= 0.6 is 0 Å². The van der Waals surface area contributed by atoms with Crippen molar-refractivity contribution in [2.75, 3.05) is 19.6 Å². The summed E-state index contributed by atoms with van der Waals surface area (Å²) in [5, 5.41) is 0. The van der Waals surface area contributed by atoms with E-state index in [9.17, 15) is 0 Å². The molecule has 1 aliphatic heterocycles. The van der Waals surface area contributed by atoms with Crippen LogP contribution in [0.2, 0.25) is 0 Å². The Kier molecular flexibility index (Phi) is 4.48. The van der Waals surface area contributed by atoms with Crippen LogP contribution in [0.25, 0.3) is 0 Å². The monoisotopic (exact) mass is 238 g/mol. The molecule has 0 bridgehead atoms. The maximum absolute atomic E-state index is 5.72. The molecule has 0 spiro atoms. The molecular weight excluding hydrogens is 208 g/mol.